The van der Waals surface area contributed by atoms with Gasteiger partial charge in [-0.15, -0.1) is 0 Å². The molecule has 4 heteroatoms. The molecule has 1 amide bonds. The minimum Gasteiger partial charge on any atom is -0.444 e. The number of hydrogen-bond donors (Lipinski definition) is 1. The van der Waals surface area contributed by atoms with Crippen LogP contribution in [0.3, 0.4) is 0 Å². The summed E-state index contributed by atoms with van der Waals surface area (Å²) in [6.45, 7) is 9.20. The summed E-state index contributed by atoms with van der Waals surface area (Å²) in [4.78, 5) is 22.6. The van der Waals surface area contributed by atoms with Crippen LogP contribution in [0.25, 0.3) is 0 Å². The van der Waals surface area contributed by atoms with Crippen LogP contribution < -0.4 is 5.32 Å². The van der Waals surface area contributed by atoms with Gasteiger partial charge >= 0.3 is 6.09 Å². The molecule has 0 rings (SSSR count). The van der Waals surface area contributed by atoms with Crippen molar-refractivity contribution in [3.63, 3.8) is 0 Å². The third-order valence-corrected chi connectivity index (χ3v) is 2.35. The smallest absolute Gasteiger partial charge is 0.408 e. The van der Waals surface area contributed by atoms with Crippen LogP contribution in [0.15, 0.2) is 0 Å². The number of amides is 1. The van der Waals surface area contributed by atoms with E-state index in [1.165, 1.54) is 0 Å². The van der Waals surface area contributed by atoms with E-state index < -0.39 is 17.2 Å². The van der Waals surface area contributed by atoms with E-state index in [0.717, 1.165) is 25.5 Å². The average Bonchev–Trinajstić information content (AvgIpc) is 2.15. The first kappa shape index (κ1) is 15.9. The molecule has 0 aromatic heterocycles. The molecule has 0 saturated carbocycles. The number of nitrogens with one attached hydrogen (secondary N) is 1. The molecule has 100 valence electrons. The number of alkyl carbamates (subject to hydrolysis) is 1. The van der Waals surface area contributed by atoms with Gasteiger partial charge in [0, 0.05) is 0 Å². The minimum absolute atomic E-state index is 0.538. The van der Waals surface area contributed by atoms with Gasteiger partial charge in [0.05, 0.1) is 5.54 Å². The molecule has 17 heavy (non-hydrogen) atoms. The van der Waals surface area contributed by atoms with Crippen LogP contribution >= 0.6 is 0 Å². The van der Waals surface area contributed by atoms with E-state index in [4.69, 9.17) is 4.74 Å². The zero-order valence-electron chi connectivity index (χ0n) is 11.6. The van der Waals surface area contributed by atoms with Crippen molar-refractivity contribution in [1.29, 1.82) is 0 Å². The van der Waals surface area contributed by atoms with Crippen LogP contribution in [0.1, 0.15) is 60.3 Å². The number of ether oxygens (including phenoxy) is 1. The number of unbranched alkanes of at least 4 members (excludes halogenated alkanes) is 2. The summed E-state index contributed by atoms with van der Waals surface area (Å²) in [7, 11) is 0. The van der Waals surface area contributed by atoms with E-state index in [1.54, 1.807) is 27.7 Å². The highest BCUT2D eigenvalue weighted by Gasteiger charge is 2.27. The molecule has 0 radical (unpaired) electrons. The lowest BCUT2D eigenvalue weighted by atomic mass is 9.96. The van der Waals surface area contributed by atoms with E-state index in [0.29, 0.717) is 6.42 Å². The van der Waals surface area contributed by atoms with E-state index in [-0.39, 0.29) is 0 Å². The standard InChI is InChI=1S/C13H25NO3/c1-6-7-8-9-13(5,10-15)14-11(16)17-12(2,3)4/h10H,6-9H2,1-5H3,(H,14,16)/t13-/m0/s1. The molecule has 0 aliphatic rings. The van der Waals surface area contributed by atoms with Gasteiger partial charge in [0.25, 0.3) is 0 Å². The van der Waals surface area contributed by atoms with Crippen molar-refractivity contribution in [2.75, 3.05) is 0 Å². The fourth-order valence-corrected chi connectivity index (χ4v) is 1.43. The Morgan fingerprint density at radius 2 is 1.82 bits per heavy atom. The summed E-state index contributed by atoms with van der Waals surface area (Å²) in [5.41, 5.74) is -1.37. The highest BCUT2D eigenvalue weighted by atomic mass is 16.6. The molecule has 4 nitrogen and oxygen atoms in total. The zero-order valence-corrected chi connectivity index (χ0v) is 11.6. The predicted molar refractivity (Wildman–Crippen MR) is 68.0 cm³/mol. The largest absolute Gasteiger partial charge is 0.444 e. The Morgan fingerprint density at radius 3 is 2.24 bits per heavy atom. The third kappa shape index (κ3) is 7.77. The lowest BCUT2D eigenvalue weighted by Crippen LogP contribution is -2.49. The zero-order chi connectivity index (χ0) is 13.5. The SMILES string of the molecule is CCCCC[C@@](C)(C=O)NC(=O)OC(C)(C)C. The molecule has 0 aliphatic carbocycles. The van der Waals surface area contributed by atoms with E-state index in [2.05, 4.69) is 12.2 Å². The van der Waals surface area contributed by atoms with Gasteiger partial charge in [-0.3, -0.25) is 0 Å². The Morgan fingerprint density at radius 1 is 1.24 bits per heavy atom. The second kappa shape index (κ2) is 6.62. The molecular formula is C13H25NO3. The second-order valence-electron chi connectivity index (χ2n) is 5.62. The number of rotatable bonds is 6. The molecule has 0 spiro atoms. The van der Waals surface area contributed by atoms with Crippen LogP contribution in [0.5, 0.6) is 0 Å². The number of hydrogen-bond acceptors (Lipinski definition) is 3. The van der Waals surface area contributed by atoms with E-state index in [9.17, 15) is 9.59 Å². The maximum absolute atomic E-state index is 11.6. The van der Waals surface area contributed by atoms with Gasteiger partial charge in [0.1, 0.15) is 11.9 Å². The van der Waals surface area contributed by atoms with Gasteiger partial charge in [-0.2, -0.15) is 0 Å². The first-order chi connectivity index (χ1) is 7.72. The van der Waals surface area contributed by atoms with Crippen LogP contribution in [0.2, 0.25) is 0 Å². The molecule has 0 fully saturated rings. The van der Waals surface area contributed by atoms with Crippen molar-refractivity contribution in [2.45, 2.75) is 71.4 Å². The average molecular weight is 243 g/mol. The summed E-state index contributed by atoms with van der Waals surface area (Å²) in [6.07, 6.45) is 3.95. The second-order valence-corrected chi connectivity index (χ2v) is 5.62. The molecule has 0 aliphatic heterocycles. The Bertz CT molecular complexity index is 258. The first-order valence-corrected chi connectivity index (χ1v) is 6.20. The van der Waals surface area contributed by atoms with E-state index >= 15 is 0 Å². The molecule has 0 heterocycles. The van der Waals surface area contributed by atoms with Crippen molar-refractivity contribution < 1.29 is 14.3 Å². The maximum atomic E-state index is 11.6. The topological polar surface area (TPSA) is 55.4 Å². The highest BCUT2D eigenvalue weighted by Crippen LogP contribution is 2.14. The molecule has 0 aromatic rings. The van der Waals surface area contributed by atoms with Crippen molar-refractivity contribution in [1.82, 2.24) is 5.32 Å². The number of carbonyl (C=O) groups is 2. The van der Waals surface area contributed by atoms with Gasteiger partial charge in [-0.1, -0.05) is 26.2 Å². The lowest BCUT2D eigenvalue weighted by molar-refractivity contribution is -0.113. The summed E-state index contributed by atoms with van der Waals surface area (Å²) < 4.78 is 5.13. The Balaban J connectivity index is 4.27. The number of carbonyl (C=O) groups excluding carboxylic acids is 2. The van der Waals surface area contributed by atoms with Gasteiger partial charge in [0.2, 0.25) is 0 Å². The maximum Gasteiger partial charge on any atom is 0.408 e. The quantitative estimate of drug-likeness (QED) is 0.576. The van der Waals surface area contributed by atoms with Gasteiger partial charge in [0.15, 0.2) is 0 Å². The summed E-state index contributed by atoms with van der Waals surface area (Å²) in [6, 6.07) is 0. The van der Waals surface area contributed by atoms with Crippen LogP contribution in [-0.4, -0.2) is 23.5 Å². The normalized spacial score (nSPS) is 14.9. The summed E-state index contributed by atoms with van der Waals surface area (Å²) in [5, 5.41) is 2.63. The lowest BCUT2D eigenvalue weighted by Gasteiger charge is -2.27. The van der Waals surface area contributed by atoms with Gasteiger partial charge in [-0.25, -0.2) is 4.79 Å². The van der Waals surface area contributed by atoms with Crippen molar-refractivity contribution in [3.05, 3.63) is 0 Å². The third-order valence-electron chi connectivity index (χ3n) is 2.35. The molecular weight excluding hydrogens is 218 g/mol. The highest BCUT2D eigenvalue weighted by molar-refractivity contribution is 5.76. The van der Waals surface area contributed by atoms with Gasteiger partial charge in [-0.05, 0) is 34.1 Å². The monoisotopic (exact) mass is 243 g/mol. The molecule has 0 aromatic carbocycles. The van der Waals surface area contributed by atoms with Crippen LogP contribution in [-0.2, 0) is 9.53 Å². The molecule has 1 atom stereocenters. The summed E-state index contributed by atoms with van der Waals surface area (Å²) >= 11 is 0. The molecule has 0 saturated heterocycles. The van der Waals surface area contributed by atoms with Crippen molar-refractivity contribution >= 4 is 12.4 Å². The number of aldehydes is 1. The Hall–Kier alpha value is -1.06. The summed E-state index contributed by atoms with van der Waals surface area (Å²) in [5.74, 6) is 0. The Kier molecular flexibility index (Phi) is 6.21. The predicted octanol–water partition coefficient (Wildman–Crippen LogP) is 3.05. The molecule has 0 unspecified atom stereocenters. The van der Waals surface area contributed by atoms with Crippen LogP contribution in [0, 0.1) is 0 Å². The Labute approximate surface area is 104 Å². The van der Waals surface area contributed by atoms with Crippen molar-refractivity contribution in [3.8, 4) is 0 Å². The molecule has 0 bridgehead atoms. The first-order valence-electron chi connectivity index (χ1n) is 6.20. The van der Waals surface area contributed by atoms with Crippen LogP contribution in [0.4, 0.5) is 4.79 Å². The minimum atomic E-state index is -0.822. The van der Waals surface area contributed by atoms with Gasteiger partial charge < -0.3 is 14.8 Å². The fraction of sp³-hybridized carbons (Fsp3) is 0.846. The van der Waals surface area contributed by atoms with E-state index in [1.807, 2.05) is 0 Å². The fourth-order valence-electron chi connectivity index (χ4n) is 1.43. The van der Waals surface area contributed by atoms with Crippen molar-refractivity contribution in [2.24, 2.45) is 0 Å². The molecule has 1 N–H and O–H groups in total.